The van der Waals surface area contributed by atoms with E-state index < -0.39 is 71.8 Å². The van der Waals surface area contributed by atoms with Gasteiger partial charge in [0.2, 0.25) is 0 Å². The quantitative estimate of drug-likeness (QED) is 0.253. The van der Waals surface area contributed by atoms with Crippen LogP contribution in [0.1, 0.15) is 74.7 Å². The summed E-state index contributed by atoms with van der Waals surface area (Å²) in [5.41, 5.74) is -1.05. The molecule has 5 aliphatic rings. The molecule has 14 nitrogen and oxygen atoms in total. The van der Waals surface area contributed by atoms with Crippen LogP contribution in [-0.4, -0.2) is 144 Å². The molecule has 0 unspecified atom stereocenters. The number of aliphatic hydroxyl groups excluding tert-OH is 1. The average Bonchev–Trinajstić information content (AvgIpc) is 3.19. The molecule has 4 fully saturated rings. The summed E-state index contributed by atoms with van der Waals surface area (Å²) >= 11 is 0. The molecule has 1 amide bonds. The van der Waals surface area contributed by atoms with Crippen LogP contribution in [0.5, 0.6) is 0 Å². The SMILES string of the molecule is CC[C@H]1OC(=O)[C@H](C)[C@H]2OC/C(=N\O)CO[C@](C)(C[C@@H](C)C3=NCCN4C(=O)O[C@@]1(C)[C@H]4[C@H]3C)[C@H](O[C@H]1O[C@@H](C)C[C@@H](N(C)C)[C@@H]1O)[C@H]2C. The van der Waals surface area contributed by atoms with Gasteiger partial charge in [0.25, 0.3) is 0 Å². The fraction of sp³-hybridized carbons (Fsp3) is 0.886. The predicted molar refractivity (Wildman–Crippen MR) is 180 cm³/mol. The first-order valence-electron chi connectivity index (χ1n) is 17.9. The zero-order chi connectivity index (χ0) is 36.0. The summed E-state index contributed by atoms with van der Waals surface area (Å²) in [7, 11) is 3.84. The number of cyclic esters (lactones) is 1. The van der Waals surface area contributed by atoms with Crippen molar-refractivity contribution < 1.29 is 48.3 Å². The van der Waals surface area contributed by atoms with E-state index in [1.807, 2.05) is 53.6 Å². The Balaban J connectivity index is 1.65. The van der Waals surface area contributed by atoms with Gasteiger partial charge in [-0.2, -0.15) is 0 Å². The highest BCUT2D eigenvalue weighted by Gasteiger charge is 2.60. The summed E-state index contributed by atoms with van der Waals surface area (Å²) in [6.45, 7) is 16.2. The van der Waals surface area contributed by atoms with Crippen molar-refractivity contribution in [3.05, 3.63) is 0 Å². The van der Waals surface area contributed by atoms with E-state index in [2.05, 4.69) is 19.0 Å². The zero-order valence-corrected chi connectivity index (χ0v) is 30.8. The average molecular weight is 695 g/mol. The molecule has 14 atom stereocenters. The van der Waals surface area contributed by atoms with Crippen LogP contribution in [0.3, 0.4) is 0 Å². The van der Waals surface area contributed by atoms with E-state index in [0.717, 1.165) is 5.71 Å². The molecule has 0 spiro atoms. The van der Waals surface area contributed by atoms with E-state index in [1.54, 1.807) is 11.8 Å². The number of rotatable bonds is 4. The number of aliphatic imine (C=N–C) groups is 1. The molecular formula is C35H58N4O10. The lowest BCUT2D eigenvalue weighted by atomic mass is 9.72. The molecule has 278 valence electrons. The van der Waals surface area contributed by atoms with Gasteiger partial charge in [-0.1, -0.05) is 32.9 Å². The van der Waals surface area contributed by atoms with Gasteiger partial charge in [-0.3, -0.25) is 14.7 Å². The maximum absolute atomic E-state index is 14.2. The summed E-state index contributed by atoms with van der Waals surface area (Å²) in [5.74, 6) is -2.25. The van der Waals surface area contributed by atoms with Crippen molar-refractivity contribution in [1.29, 1.82) is 0 Å². The molecule has 0 aliphatic carbocycles. The van der Waals surface area contributed by atoms with Crippen molar-refractivity contribution in [3.8, 4) is 0 Å². The molecule has 2 N–H and O–H groups in total. The van der Waals surface area contributed by atoms with Crippen molar-refractivity contribution in [3.63, 3.8) is 0 Å². The highest BCUT2D eigenvalue weighted by molar-refractivity contribution is 5.91. The largest absolute Gasteiger partial charge is 0.458 e. The molecular weight excluding hydrogens is 636 g/mol. The van der Waals surface area contributed by atoms with Crippen LogP contribution < -0.4 is 0 Å². The Bertz CT molecular complexity index is 1280. The standard InChI is InChI=1S/C35H58N4O10/c1-11-25-35(8)29-20(4)26(36-12-13-39(29)33(42)49-35)18(2)15-34(7)30(48-32-27(40)24(38(9)10)14-19(3)46-32)21(5)28(22(6)31(41)47-25)44-16-23(37-43)17-45-34/h18-22,24-25,27-30,32,40,43H,11-17H2,1-10H3/b37-23+/t18-,19+,20+,21+,22-,24-,25-,27+,28+,29-,30-,32-,34-,35-/m1/s1. The van der Waals surface area contributed by atoms with Crippen molar-refractivity contribution in [2.45, 2.75) is 135 Å². The fourth-order valence-electron chi connectivity index (χ4n) is 9.22. The first-order valence-corrected chi connectivity index (χ1v) is 17.9. The number of hydrogen-bond donors (Lipinski definition) is 2. The Hall–Kier alpha value is -2.36. The number of esters is 1. The van der Waals surface area contributed by atoms with Crippen molar-refractivity contribution in [2.24, 2.45) is 33.8 Å². The van der Waals surface area contributed by atoms with Gasteiger partial charge >= 0.3 is 12.1 Å². The van der Waals surface area contributed by atoms with Crippen LogP contribution in [0.25, 0.3) is 0 Å². The molecule has 0 saturated carbocycles. The number of carbonyl (C=O) groups excluding carboxylic acids is 2. The Morgan fingerprint density at radius 2 is 1.82 bits per heavy atom. The number of nitrogens with zero attached hydrogens (tertiary/aromatic N) is 4. The number of carbonyl (C=O) groups is 2. The van der Waals surface area contributed by atoms with Crippen LogP contribution >= 0.6 is 0 Å². The number of ether oxygens (including phenoxy) is 6. The normalized spacial score (nSPS) is 46.2. The Morgan fingerprint density at radius 1 is 1.10 bits per heavy atom. The third-order valence-corrected chi connectivity index (χ3v) is 11.7. The second-order valence-corrected chi connectivity index (χ2v) is 15.5. The van der Waals surface area contributed by atoms with Gasteiger partial charge in [-0.25, -0.2) is 4.79 Å². The Labute approximate surface area is 290 Å². The topological polar surface area (TPSA) is 161 Å². The highest BCUT2D eigenvalue weighted by atomic mass is 16.7. The van der Waals surface area contributed by atoms with E-state index >= 15 is 0 Å². The lowest BCUT2D eigenvalue weighted by Gasteiger charge is -2.48. The van der Waals surface area contributed by atoms with Gasteiger partial charge in [0.1, 0.15) is 17.9 Å². The molecule has 0 radical (unpaired) electrons. The minimum atomic E-state index is -1.12. The van der Waals surface area contributed by atoms with E-state index in [-0.39, 0.29) is 42.9 Å². The first kappa shape index (κ1) is 37.9. The van der Waals surface area contributed by atoms with Gasteiger partial charge in [0.05, 0.1) is 55.6 Å². The summed E-state index contributed by atoms with van der Waals surface area (Å²) in [6.07, 6.45) is -3.42. The lowest BCUT2D eigenvalue weighted by molar-refractivity contribution is -0.302. The molecule has 0 aromatic carbocycles. The zero-order valence-electron chi connectivity index (χ0n) is 30.8. The summed E-state index contributed by atoms with van der Waals surface area (Å²) in [6, 6.07) is -0.636. The number of likely N-dealkylation sites (N-methyl/N-ethyl adjacent to an activating group) is 1. The molecule has 4 bridgehead atoms. The second kappa shape index (κ2) is 14.7. The van der Waals surface area contributed by atoms with Gasteiger partial charge in [0.15, 0.2) is 11.9 Å². The molecule has 5 aliphatic heterocycles. The van der Waals surface area contributed by atoms with E-state index in [4.69, 9.17) is 33.4 Å². The van der Waals surface area contributed by atoms with Crippen molar-refractivity contribution in [2.75, 3.05) is 40.4 Å². The fourth-order valence-corrected chi connectivity index (χ4v) is 9.22. The molecule has 14 heteroatoms. The number of hydrogen-bond acceptors (Lipinski definition) is 13. The number of oxime groups is 1. The first-order chi connectivity index (χ1) is 23.1. The molecule has 49 heavy (non-hydrogen) atoms. The van der Waals surface area contributed by atoms with Gasteiger partial charge in [-0.05, 0) is 67.0 Å². The van der Waals surface area contributed by atoms with Crippen LogP contribution in [0.4, 0.5) is 4.79 Å². The lowest BCUT2D eigenvalue weighted by Crippen LogP contribution is -2.60. The van der Waals surface area contributed by atoms with Crippen LogP contribution in [-0.2, 0) is 33.2 Å². The second-order valence-electron chi connectivity index (χ2n) is 15.5. The maximum atomic E-state index is 14.2. The summed E-state index contributed by atoms with van der Waals surface area (Å²) in [4.78, 5) is 36.3. The van der Waals surface area contributed by atoms with Crippen molar-refractivity contribution in [1.82, 2.24) is 9.80 Å². The van der Waals surface area contributed by atoms with E-state index in [1.165, 1.54) is 0 Å². The Morgan fingerprint density at radius 3 is 2.47 bits per heavy atom. The molecule has 5 heterocycles. The number of fused-ring (bicyclic) bond motifs is 4. The molecule has 0 aromatic heterocycles. The van der Waals surface area contributed by atoms with Gasteiger partial charge < -0.3 is 43.6 Å². The molecule has 5 rings (SSSR count). The maximum Gasteiger partial charge on any atom is 0.410 e. The smallest absolute Gasteiger partial charge is 0.410 e. The predicted octanol–water partition coefficient (Wildman–Crippen LogP) is 3.11. The summed E-state index contributed by atoms with van der Waals surface area (Å²) in [5, 5.41) is 25.0. The Kier molecular flexibility index (Phi) is 11.4. The monoisotopic (exact) mass is 694 g/mol. The molecule has 4 saturated heterocycles. The third-order valence-electron chi connectivity index (χ3n) is 11.7. The van der Waals surface area contributed by atoms with Gasteiger partial charge in [-0.15, -0.1) is 0 Å². The number of aliphatic hydroxyl groups is 1. The third kappa shape index (κ3) is 7.10. The minimum Gasteiger partial charge on any atom is -0.458 e. The van der Waals surface area contributed by atoms with Crippen molar-refractivity contribution >= 4 is 23.5 Å². The number of amides is 1. The van der Waals surface area contributed by atoms with Gasteiger partial charge in [0, 0.05) is 30.1 Å². The van der Waals surface area contributed by atoms with E-state index in [0.29, 0.717) is 32.4 Å². The van der Waals surface area contributed by atoms with Crippen LogP contribution in [0, 0.1) is 23.7 Å². The van der Waals surface area contributed by atoms with Crippen LogP contribution in [0.15, 0.2) is 10.1 Å². The highest BCUT2D eigenvalue weighted by Crippen LogP contribution is 2.45. The minimum absolute atomic E-state index is 0.0561. The summed E-state index contributed by atoms with van der Waals surface area (Å²) < 4.78 is 38.7. The van der Waals surface area contributed by atoms with Crippen LogP contribution in [0.2, 0.25) is 0 Å². The molecule has 0 aromatic rings. The van der Waals surface area contributed by atoms with E-state index in [9.17, 15) is 19.9 Å².